The van der Waals surface area contributed by atoms with Crippen molar-refractivity contribution in [2.75, 3.05) is 0 Å². The third-order valence-corrected chi connectivity index (χ3v) is 5.20. The highest BCUT2D eigenvalue weighted by atomic mass is 16.3. The topological polar surface area (TPSA) is 86.7 Å². The van der Waals surface area contributed by atoms with Crippen molar-refractivity contribution in [2.24, 2.45) is 0 Å². The van der Waals surface area contributed by atoms with E-state index in [1.54, 1.807) is 24.3 Å². The molecule has 0 aromatic heterocycles. The number of nitrogens with one attached hydrogen (secondary N) is 1. The van der Waals surface area contributed by atoms with Crippen LogP contribution in [-0.4, -0.2) is 33.8 Å². The van der Waals surface area contributed by atoms with Gasteiger partial charge in [-0.15, -0.1) is 0 Å². The van der Waals surface area contributed by atoms with Crippen molar-refractivity contribution < 1.29 is 19.5 Å². The molecule has 6 nitrogen and oxygen atoms in total. The summed E-state index contributed by atoms with van der Waals surface area (Å²) >= 11 is 0. The summed E-state index contributed by atoms with van der Waals surface area (Å²) < 4.78 is 0. The van der Waals surface area contributed by atoms with Gasteiger partial charge < -0.3 is 10.4 Å². The lowest BCUT2D eigenvalue weighted by molar-refractivity contribution is -0.139. The van der Waals surface area contributed by atoms with Gasteiger partial charge in [0.05, 0.1) is 18.7 Å². The normalized spacial score (nSPS) is 21.4. The van der Waals surface area contributed by atoms with E-state index in [9.17, 15) is 19.5 Å². The SMILES string of the molecule is O=C(NC1c2ccccc2CC1O)c1ccc(CN2C(=O)CCC2=O)cc1. The average molecular weight is 364 g/mol. The Labute approximate surface area is 156 Å². The van der Waals surface area contributed by atoms with E-state index in [0.717, 1.165) is 16.7 Å². The van der Waals surface area contributed by atoms with Gasteiger partial charge in [0, 0.05) is 24.8 Å². The summed E-state index contributed by atoms with van der Waals surface area (Å²) in [5, 5.41) is 13.2. The van der Waals surface area contributed by atoms with E-state index in [2.05, 4.69) is 5.32 Å². The number of carbonyl (C=O) groups excluding carboxylic acids is 3. The van der Waals surface area contributed by atoms with Gasteiger partial charge in [-0.25, -0.2) is 0 Å². The number of aliphatic hydroxyl groups excluding tert-OH is 1. The molecule has 2 N–H and O–H groups in total. The highest BCUT2D eigenvalue weighted by molar-refractivity contribution is 6.01. The Balaban J connectivity index is 1.44. The monoisotopic (exact) mass is 364 g/mol. The summed E-state index contributed by atoms with van der Waals surface area (Å²) in [5.41, 5.74) is 3.25. The minimum Gasteiger partial charge on any atom is -0.390 e. The predicted molar refractivity (Wildman–Crippen MR) is 97.6 cm³/mol. The van der Waals surface area contributed by atoms with Gasteiger partial charge in [-0.05, 0) is 28.8 Å². The molecule has 0 spiro atoms. The number of fused-ring (bicyclic) bond motifs is 1. The van der Waals surface area contributed by atoms with Crippen LogP contribution in [0.4, 0.5) is 0 Å². The Morgan fingerprint density at radius 3 is 2.41 bits per heavy atom. The van der Waals surface area contributed by atoms with E-state index in [1.165, 1.54) is 4.90 Å². The molecule has 1 aliphatic carbocycles. The van der Waals surface area contributed by atoms with Crippen molar-refractivity contribution in [3.8, 4) is 0 Å². The number of hydrogen-bond acceptors (Lipinski definition) is 4. The average Bonchev–Trinajstić information content (AvgIpc) is 3.16. The molecule has 4 rings (SSSR count). The molecule has 0 bridgehead atoms. The molecule has 1 aliphatic heterocycles. The fourth-order valence-electron chi connectivity index (χ4n) is 3.72. The van der Waals surface area contributed by atoms with E-state index >= 15 is 0 Å². The van der Waals surface area contributed by atoms with Crippen LogP contribution >= 0.6 is 0 Å². The van der Waals surface area contributed by atoms with Crippen LogP contribution in [-0.2, 0) is 22.6 Å². The molecule has 1 saturated heterocycles. The molecular formula is C21H20N2O4. The maximum absolute atomic E-state index is 12.6. The molecule has 6 heteroatoms. The maximum Gasteiger partial charge on any atom is 0.251 e. The molecule has 1 heterocycles. The highest BCUT2D eigenvalue weighted by Gasteiger charge is 2.32. The summed E-state index contributed by atoms with van der Waals surface area (Å²) in [6.07, 6.45) is 0.422. The molecule has 0 radical (unpaired) electrons. The van der Waals surface area contributed by atoms with Crippen LogP contribution < -0.4 is 5.32 Å². The van der Waals surface area contributed by atoms with Crippen molar-refractivity contribution in [1.29, 1.82) is 0 Å². The summed E-state index contributed by atoms with van der Waals surface area (Å²) in [7, 11) is 0. The first-order valence-electron chi connectivity index (χ1n) is 9.02. The molecule has 2 aromatic rings. The summed E-state index contributed by atoms with van der Waals surface area (Å²) in [6.45, 7) is 0.230. The third-order valence-electron chi connectivity index (χ3n) is 5.20. The van der Waals surface area contributed by atoms with E-state index in [1.807, 2.05) is 24.3 Å². The van der Waals surface area contributed by atoms with Gasteiger partial charge in [-0.1, -0.05) is 36.4 Å². The number of hydrogen-bond donors (Lipinski definition) is 2. The second-order valence-corrected chi connectivity index (χ2v) is 6.99. The van der Waals surface area contributed by atoms with Crippen molar-refractivity contribution in [3.05, 3.63) is 70.8 Å². The Morgan fingerprint density at radius 1 is 1.04 bits per heavy atom. The van der Waals surface area contributed by atoms with Crippen molar-refractivity contribution in [3.63, 3.8) is 0 Å². The van der Waals surface area contributed by atoms with Crippen LogP contribution in [0, 0.1) is 0 Å². The fourth-order valence-corrected chi connectivity index (χ4v) is 3.72. The number of benzene rings is 2. The first kappa shape index (κ1) is 17.4. The maximum atomic E-state index is 12.6. The lowest BCUT2D eigenvalue weighted by Crippen LogP contribution is -2.33. The molecule has 3 amide bonds. The summed E-state index contributed by atoms with van der Waals surface area (Å²) in [4.78, 5) is 37.2. The Bertz CT molecular complexity index is 891. The second kappa shape index (κ2) is 6.96. The number of imide groups is 1. The minimum absolute atomic E-state index is 0.157. The van der Waals surface area contributed by atoms with Crippen LogP contribution in [0.5, 0.6) is 0 Å². The summed E-state index contributed by atoms with van der Waals surface area (Å²) in [5.74, 6) is -0.581. The second-order valence-electron chi connectivity index (χ2n) is 6.99. The molecule has 2 aromatic carbocycles. The molecule has 2 unspecified atom stereocenters. The predicted octanol–water partition coefficient (Wildman–Crippen LogP) is 1.72. The number of aliphatic hydroxyl groups is 1. The number of nitrogens with zero attached hydrogens (tertiary/aromatic N) is 1. The van der Waals surface area contributed by atoms with Crippen molar-refractivity contribution in [1.82, 2.24) is 10.2 Å². The third kappa shape index (κ3) is 3.36. The zero-order valence-corrected chi connectivity index (χ0v) is 14.7. The molecule has 1 fully saturated rings. The summed E-state index contributed by atoms with van der Waals surface area (Å²) in [6, 6.07) is 14.1. The quantitative estimate of drug-likeness (QED) is 0.809. The zero-order valence-electron chi connectivity index (χ0n) is 14.7. The van der Waals surface area contributed by atoms with Gasteiger partial charge in [-0.3, -0.25) is 19.3 Å². The van der Waals surface area contributed by atoms with Crippen LogP contribution in [0.2, 0.25) is 0 Å². The Kier molecular flexibility index (Phi) is 4.49. The van der Waals surface area contributed by atoms with Crippen LogP contribution in [0.15, 0.2) is 48.5 Å². The number of rotatable bonds is 4. The van der Waals surface area contributed by atoms with Gasteiger partial charge in [0.15, 0.2) is 0 Å². The van der Waals surface area contributed by atoms with Crippen molar-refractivity contribution in [2.45, 2.75) is 38.0 Å². The zero-order chi connectivity index (χ0) is 19.0. The molecule has 27 heavy (non-hydrogen) atoms. The molecule has 2 atom stereocenters. The highest BCUT2D eigenvalue weighted by Crippen LogP contribution is 2.31. The molecular weight excluding hydrogens is 344 g/mol. The van der Waals surface area contributed by atoms with Crippen molar-refractivity contribution >= 4 is 17.7 Å². The number of amides is 3. The lowest BCUT2D eigenvalue weighted by Gasteiger charge is -2.18. The van der Waals surface area contributed by atoms with Gasteiger partial charge in [0.25, 0.3) is 5.91 Å². The van der Waals surface area contributed by atoms with E-state index in [4.69, 9.17) is 0 Å². The van der Waals surface area contributed by atoms with Crippen LogP contribution in [0.1, 0.15) is 45.9 Å². The first-order chi connectivity index (χ1) is 13.0. The van der Waals surface area contributed by atoms with E-state index < -0.39 is 12.1 Å². The number of likely N-dealkylation sites (tertiary alicyclic amines) is 1. The van der Waals surface area contributed by atoms with Gasteiger partial charge >= 0.3 is 0 Å². The van der Waals surface area contributed by atoms with Gasteiger partial charge in [0.2, 0.25) is 11.8 Å². The van der Waals surface area contributed by atoms with Crippen LogP contribution in [0.3, 0.4) is 0 Å². The fraction of sp³-hybridized carbons (Fsp3) is 0.286. The van der Waals surface area contributed by atoms with Crippen LogP contribution in [0.25, 0.3) is 0 Å². The van der Waals surface area contributed by atoms with Gasteiger partial charge in [0.1, 0.15) is 0 Å². The molecule has 2 aliphatic rings. The molecule has 0 saturated carbocycles. The largest absolute Gasteiger partial charge is 0.390 e. The van der Waals surface area contributed by atoms with E-state index in [0.29, 0.717) is 12.0 Å². The minimum atomic E-state index is -0.641. The Hall–Kier alpha value is -2.99. The van der Waals surface area contributed by atoms with Gasteiger partial charge in [-0.2, -0.15) is 0 Å². The first-order valence-corrected chi connectivity index (χ1v) is 9.02. The lowest BCUT2D eigenvalue weighted by atomic mass is 10.1. The molecule has 138 valence electrons. The Morgan fingerprint density at radius 2 is 1.70 bits per heavy atom. The standard InChI is InChI=1S/C21H20N2O4/c24-17-11-15-3-1-2-4-16(15)20(17)22-21(27)14-7-5-13(6-8-14)12-23-18(25)9-10-19(23)26/h1-8,17,20,24H,9-12H2,(H,22,27). The smallest absolute Gasteiger partial charge is 0.251 e. The number of carbonyl (C=O) groups is 3. The van der Waals surface area contributed by atoms with E-state index in [-0.39, 0.29) is 37.1 Å².